The third kappa shape index (κ3) is 3.87. The third-order valence-corrected chi connectivity index (χ3v) is 9.49. The van der Waals surface area contributed by atoms with Gasteiger partial charge in [-0.3, -0.25) is 4.57 Å². The predicted molar refractivity (Wildman–Crippen MR) is 189 cm³/mol. The Kier molecular flexibility index (Phi) is 6.07. The number of para-hydroxylation sites is 1. The first-order chi connectivity index (χ1) is 22.8. The molecule has 1 aromatic heterocycles. The topological polar surface area (TPSA) is 17.8 Å². The van der Waals surface area contributed by atoms with E-state index in [0.717, 1.165) is 28.1 Å². The molecule has 0 saturated heterocycles. The van der Waals surface area contributed by atoms with Crippen LogP contribution in [0.3, 0.4) is 0 Å². The van der Waals surface area contributed by atoms with E-state index in [9.17, 15) is 0 Å². The Labute approximate surface area is 268 Å². The lowest BCUT2D eigenvalue weighted by Gasteiger charge is -2.42. The van der Waals surface area contributed by atoms with Crippen LogP contribution in [0.5, 0.6) is 0 Å². The molecule has 0 fully saturated rings. The Bertz CT molecular complexity index is 2300. The molecule has 0 radical (unpaired) electrons. The third-order valence-electron chi connectivity index (χ3n) is 9.49. The van der Waals surface area contributed by atoms with E-state index in [1.165, 1.54) is 44.5 Å². The summed E-state index contributed by atoms with van der Waals surface area (Å²) < 4.78 is 2.40. The van der Waals surface area contributed by atoms with Crippen LogP contribution in [0.1, 0.15) is 22.3 Å². The molecule has 7 aromatic carbocycles. The number of hydrogen-bond donors (Lipinski definition) is 0. The maximum atomic E-state index is 5.30. The van der Waals surface area contributed by atoms with E-state index in [1.807, 2.05) is 0 Å². The van der Waals surface area contributed by atoms with Gasteiger partial charge in [0.25, 0.3) is 0 Å². The van der Waals surface area contributed by atoms with Crippen LogP contribution in [-0.2, 0) is 5.41 Å². The Morgan fingerprint density at radius 3 is 1.59 bits per heavy atom. The number of benzene rings is 7. The van der Waals surface area contributed by atoms with Gasteiger partial charge in [-0.1, -0.05) is 164 Å². The molecule has 216 valence electrons. The van der Waals surface area contributed by atoms with Crippen LogP contribution in [0, 0.1) is 0 Å². The minimum atomic E-state index is -0.570. The Balaban J connectivity index is 1.44. The lowest BCUT2D eigenvalue weighted by atomic mass is 9.63. The van der Waals surface area contributed by atoms with Gasteiger partial charge in [-0.25, -0.2) is 4.98 Å². The maximum Gasteiger partial charge on any atom is 0.145 e. The second-order valence-electron chi connectivity index (χ2n) is 11.9. The molecule has 0 N–H and O–H groups in total. The van der Waals surface area contributed by atoms with Crippen molar-refractivity contribution >= 4 is 11.0 Å². The zero-order valence-corrected chi connectivity index (χ0v) is 25.2. The molecule has 46 heavy (non-hydrogen) atoms. The monoisotopic (exact) mass is 586 g/mol. The van der Waals surface area contributed by atoms with Crippen molar-refractivity contribution in [3.63, 3.8) is 0 Å². The molecular formula is C44H30N2. The van der Waals surface area contributed by atoms with E-state index >= 15 is 0 Å². The van der Waals surface area contributed by atoms with Crippen molar-refractivity contribution in [1.29, 1.82) is 0 Å². The summed E-state index contributed by atoms with van der Waals surface area (Å²) in [4.78, 5) is 5.30. The van der Waals surface area contributed by atoms with Crippen LogP contribution in [0.2, 0.25) is 0 Å². The summed E-state index contributed by atoms with van der Waals surface area (Å²) in [6.07, 6.45) is 0. The number of hydrogen-bond acceptors (Lipinski definition) is 1. The maximum absolute atomic E-state index is 5.30. The molecule has 0 spiro atoms. The van der Waals surface area contributed by atoms with Crippen molar-refractivity contribution in [3.8, 4) is 39.3 Å². The second-order valence-corrected chi connectivity index (χ2v) is 11.9. The summed E-state index contributed by atoms with van der Waals surface area (Å²) in [5, 5.41) is 0. The highest BCUT2D eigenvalue weighted by molar-refractivity contribution is 5.94. The molecule has 1 aliphatic rings. The van der Waals surface area contributed by atoms with Crippen molar-refractivity contribution in [1.82, 2.24) is 9.55 Å². The highest BCUT2D eigenvalue weighted by atomic mass is 15.1. The van der Waals surface area contributed by atoms with Crippen LogP contribution < -0.4 is 0 Å². The molecule has 2 heterocycles. The number of imidazole rings is 1. The largest absolute Gasteiger partial charge is 0.292 e. The van der Waals surface area contributed by atoms with Crippen LogP contribution in [-0.4, -0.2) is 9.55 Å². The molecule has 2 heteroatoms. The van der Waals surface area contributed by atoms with Gasteiger partial charge in [0.1, 0.15) is 5.82 Å². The lowest BCUT2D eigenvalue weighted by molar-refractivity contribution is 0.726. The van der Waals surface area contributed by atoms with Gasteiger partial charge in [-0.15, -0.1) is 0 Å². The van der Waals surface area contributed by atoms with Gasteiger partial charge in [-0.2, -0.15) is 0 Å². The summed E-state index contributed by atoms with van der Waals surface area (Å²) in [7, 11) is 0. The second kappa shape index (κ2) is 10.6. The summed E-state index contributed by atoms with van der Waals surface area (Å²) >= 11 is 0. The quantitative estimate of drug-likeness (QED) is 0.196. The normalized spacial score (nSPS) is 13.0. The summed E-state index contributed by atoms with van der Waals surface area (Å²) in [5.41, 5.74) is 13.6. The number of aromatic nitrogens is 2. The fraction of sp³-hybridized carbons (Fsp3) is 0.0227. The fourth-order valence-corrected chi connectivity index (χ4v) is 7.56. The van der Waals surface area contributed by atoms with E-state index in [-0.39, 0.29) is 0 Å². The molecule has 0 atom stereocenters. The number of nitrogens with zero attached hydrogens (tertiary/aromatic N) is 2. The van der Waals surface area contributed by atoms with Crippen molar-refractivity contribution in [2.45, 2.75) is 5.41 Å². The van der Waals surface area contributed by atoms with Crippen LogP contribution in [0.25, 0.3) is 50.4 Å². The molecule has 9 rings (SSSR count). The van der Waals surface area contributed by atoms with Crippen LogP contribution >= 0.6 is 0 Å². The van der Waals surface area contributed by atoms with Crippen LogP contribution in [0.15, 0.2) is 182 Å². The predicted octanol–water partition coefficient (Wildman–Crippen LogP) is 10.7. The molecule has 0 unspecified atom stereocenters. The molecule has 0 saturated carbocycles. The lowest BCUT2D eigenvalue weighted by Crippen LogP contribution is -2.35. The van der Waals surface area contributed by atoms with Gasteiger partial charge in [0, 0.05) is 5.56 Å². The minimum absolute atomic E-state index is 0.570. The molecule has 0 amide bonds. The zero-order valence-electron chi connectivity index (χ0n) is 25.2. The first-order valence-corrected chi connectivity index (χ1v) is 15.8. The Morgan fingerprint density at radius 1 is 0.413 bits per heavy atom. The standard InChI is InChI=1S/C44H30N2/c1-5-16-31(17-6-1)36-24-13-14-25-37(36)33-28-29-41-39(30-33)44(34-20-9-3-10-21-34,35-22-11-4-12-23-35)38-26-15-27-40-42(38)46(41)43(45-40)32-18-7-2-8-19-32/h1-30H. The van der Waals surface area contributed by atoms with Gasteiger partial charge in [0.15, 0.2) is 0 Å². The highest BCUT2D eigenvalue weighted by Crippen LogP contribution is 2.54. The fourth-order valence-electron chi connectivity index (χ4n) is 7.56. The van der Waals surface area contributed by atoms with Gasteiger partial charge in [0.2, 0.25) is 0 Å². The molecule has 0 bridgehead atoms. The van der Waals surface area contributed by atoms with E-state index in [2.05, 4.69) is 187 Å². The molecule has 2 nitrogen and oxygen atoms in total. The van der Waals surface area contributed by atoms with Gasteiger partial charge in [-0.05, 0) is 62.7 Å². The smallest absolute Gasteiger partial charge is 0.145 e. The summed E-state index contributed by atoms with van der Waals surface area (Å²) in [6.45, 7) is 0. The average molecular weight is 587 g/mol. The van der Waals surface area contributed by atoms with Crippen molar-refractivity contribution in [3.05, 3.63) is 204 Å². The van der Waals surface area contributed by atoms with Gasteiger partial charge >= 0.3 is 0 Å². The van der Waals surface area contributed by atoms with Crippen LogP contribution in [0.4, 0.5) is 0 Å². The highest BCUT2D eigenvalue weighted by Gasteiger charge is 2.45. The number of rotatable bonds is 5. The minimum Gasteiger partial charge on any atom is -0.292 e. The Hall–Kier alpha value is -5.99. The van der Waals surface area contributed by atoms with Gasteiger partial charge < -0.3 is 0 Å². The average Bonchev–Trinajstić information content (AvgIpc) is 3.54. The number of fused-ring (bicyclic) bond motifs is 2. The van der Waals surface area contributed by atoms with E-state index in [1.54, 1.807) is 0 Å². The van der Waals surface area contributed by atoms with E-state index in [0.29, 0.717) is 0 Å². The molecule has 0 aliphatic carbocycles. The van der Waals surface area contributed by atoms with E-state index < -0.39 is 5.41 Å². The molecular weight excluding hydrogens is 556 g/mol. The molecule has 1 aliphatic heterocycles. The van der Waals surface area contributed by atoms with Crippen molar-refractivity contribution < 1.29 is 0 Å². The zero-order chi connectivity index (χ0) is 30.5. The van der Waals surface area contributed by atoms with Crippen molar-refractivity contribution in [2.75, 3.05) is 0 Å². The molecule has 8 aromatic rings. The Morgan fingerprint density at radius 2 is 0.957 bits per heavy atom. The summed E-state index contributed by atoms with van der Waals surface area (Å²) in [5.74, 6) is 0.955. The van der Waals surface area contributed by atoms with Gasteiger partial charge in [0.05, 0.1) is 22.1 Å². The summed E-state index contributed by atoms with van der Waals surface area (Å²) in [6, 6.07) is 65.7. The first kappa shape index (κ1) is 26.4. The first-order valence-electron chi connectivity index (χ1n) is 15.8. The SMILES string of the molecule is c1ccc(-c2ccccc2-c2ccc3c(c2)C(c2ccccc2)(c2ccccc2)c2cccc4nc(-c5ccccc5)n-3c24)cc1. The van der Waals surface area contributed by atoms with E-state index in [4.69, 9.17) is 4.98 Å². The van der Waals surface area contributed by atoms with Crippen molar-refractivity contribution in [2.24, 2.45) is 0 Å².